The number of rotatable bonds is 7. The SMILES string of the molecule is CCOc1ccc(NC(=O)CCCC(=O)O)c(C)c1. The Hall–Kier alpha value is -2.04. The summed E-state index contributed by atoms with van der Waals surface area (Å²) in [6.45, 7) is 4.39. The zero-order valence-corrected chi connectivity index (χ0v) is 11.2. The first-order valence-corrected chi connectivity index (χ1v) is 6.28. The molecule has 0 aliphatic carbocycles. The van der Waals surface area contributed by atoms with E-state index in [-0.39, 0.29) is 18.7 Å². The fraction of sp³-hybridized carbons (Fsp3) is 0.429. The lowest BCUT2D eigenvalue weighted by Crippen LogP contribution is -2.12. The van der Waals surface area contributed by atoms with Gasteiger partial charge in [0.15, 0.2) is 0 Å². The number of ether oxygens (including phenoxy) is 1. The molecule has 0 radical (unpaired) electrons. The topological polar surface area (TPSA) is 75.6 Å². The van der Waals surface area contributed by atoms with E-state index in [0.717, 1.165) is 17.0 Å². The molecule has 0 saturated heterocycles. The minimum Gasteiger partial charge on any atom is -0.494 e. The number of carboxylic acid groups (broad SMARTS) is 1. The van der Waals surface area contributed by atoms with Crippen molar-refractivity contribution in [2.45, 2.75) is 33.1 Å². The van der Waals surface area contributed by atoms with E-state index in [9.17, 15) is 9.59 Å². The van der Waals surface area contributed by atoms with Crippen molar-refractivity contribution < 1.29 is 19.4 Å². The van der Waals surface area contributed by atoms with Crippen LogP contribution < -0.4 is 10.1 Å². The molecule has 2 N–H and O–H groups in total. The van der Waals surface area contributed by atoms with Crippen LogP contribution in [0, 0.1) is 6.92 Å². The molecule has 5 heteroatoms. The molecule has 1 aromatic rings. The maximum Gasteiger partial charge on any atom is 0.303 e. The van der Waals surface area contributed by atoms with E-state index in [2.05, 4.69) is 5.32 Å². The largest absolute Gasteiger partial charge is 0.494 e. The number of carboxylic acids is 1. The van der Waals surface area contributed by atoms with Crippen LogP contribution in [0.15, 0.2) is 18.2 Å². The van der Waals surface area contributed by atoms with E-state index < -0.39 is 5.97 Å². The molecule has 0 saturated carbocycles. The van der Waals surface area contributed by atoms with Gasteiger partial charge in [-0.25, -0.2) is 0 Å². The van der Waals surface area contributed by atoms with Crippen molar-refractivity contribution in [2.75, 3.05) is 11.9 Å². The molecule has 0 spiro atoms. The fourth-order valence-electron chi connectivity index (χ4n) is 1.65. The van der Waals surface area contributed by atoms with E-state index >= 15 is 0 Å². The van der Waals surface area contributed by atoms with E-state index in [4.69, 9.17) is 9.84 Å². The number of benzene rings is 1. The second-order valence-corrected chi connectivity index (χ2v) is 4.21. The van der Waals surface area contributed by atoms with Crippen molar-refractivity contribution in [1.29, 1.82) is 0 Å². The van der Waals surface area contributed by atoms with Crippen molar-refractivity contribution in [3.63, 3.8) is 0 Å². The minimum absolute atomic E-state index is 0.00960. The zero-order chi connectivity index (χ0) is 14.3. The summed E-state index contributed by atoms with van der Waals surface area (Å²) >= 11 is 0. The van der Waals surface area contributed by atoms with Crippen LogP contribution in [0.2, 0.25) is 0 Å². The highest BCUT2D eigenvalue weighted by Gasteiger charge is 2.07. The van der Waals surface area contributed by atoms with Crippen LogP contribution in [0.5, 0.6) is 5.75 Å². The van der Waals surface area contributed by atoms with Crippen molar-refractivity contribution in [2.24, 2.45) is 0 Å². The van der Waals surface area contributed by atoms with Crippen LogP contribution in [0.1, 0.15) is 31.7 Å². The van der Waals surface area contributed by atoms with Gasteiger partial charge in [0, 0.05) is 18.5 Å². The Morgan fingerprint density at radius 1 is 1.32 bits per heavy atom. The van der Waals surface area contributed by atoms with Gasteiger partial charge >= 0.3 is 5.97 Å². The van der Waals surface area contributed by atoms with Gasteiger partial charge in [-0.1, -0.05) is 0 Å². The Morgan fingerprint density at radius 3 is 2.63 bits per heavy atom. The third-order valence-corrected chi connectivity index (χ3v) is 2.58. The van der Waals surface area contributed by atoms with Gasteiger partial charge < -0.3 is 15.2 Å². The molecule has 0 fully saturated rings. The molecule has 104 valence electrons. The van der Waals surface area contributed by atoms with E-state index in [1.54, 1.807) is 12.1 Å². The summed E-state index contributed by atoms with van der Waals surface area (Å²) in [5.41, 5.74) is 1.64. The number of aryl methyl sites for hydroxylation is 1. The average molecular weight is 265 g/mol. The lowest BCUT2D eigenvalue weighted by Gasteiger charge is -2.10. The summed E-state index contributed by atoms with van der Waals surface area (Å²) in [5, 5.41) is 11.3. The summed E-state index contributed by atoms with van der Waals surface area (Å²) in [4.78, 5) is 22.0. The second kappa shape index (κ2) is 7.41. The number of carbonyl (C=O) groups excluding carboxylic acids is 1. The van der Waals surface area contributed by atoms with Crippen molar-refractivity contribution in [3.8, 4) is 5.75 Å². The monoisotopic (exact) mass is 265 g/mol. The number of carbonyl (C=O) groups is 2. The highest BCUT2D eigenvalue weighted by atomic mass is 16.5. The molecule has 5 nitrogen and oxygen atoms in total. The molecule has 0 bridgehead atoms. The van der Waals surface area contributed by atoms with Crippen LogP contribution in [0.3, 0.4) is 0 Å². The summed E-state index contributed by atoms with van der Waals surface area (Å²) in [6.07, 6.45) is 0.561. The molecule has 0 aliphatic heterocycles. The average Bonchev–Trinajstić information content (AvgIpc) is 2.32. The molecule has 19 heavy (non-hydrogen) atoms. The Kier molecular flexibility index (Phi) is 5.85. The van der Waals surface area contributed by atoms with E-state index in [1.807, 2.05) is 19.9 Å². The molecular formula is C14H19NO4. The highest BCUT2D eigenvalue weighted by Crippen LogP contribution is 2.21. The van der Waals surface area contributed by atoms with Gasteiger partial charge in [-0.05, 0) is 44.0 Å². The van der Waals surface area contributed by atoms with E-state index in [0.29, 0.717) is 13.0 Å². The van der Waals surface area contributed by atoms with Crippen LogP contribution in [-0.4, -0.2) is 23.6 Å². The number of anilines is 1. The van der Waals surface area contributed by atoms with Gasteiger partial charge in [0.05, 0.1) is 6.61 Å². The van der Waals surface area contributed by atoms with Crippen molar-refractivity contribution in [1.82, 2.24) is 0 Å². The third-order valence-electron chi connectivity index (χ3n) is 2.58. The van der Waals surface area contributed by atoms with Crippen LogP contribution in [0.25, 0.3) is 0 Å². The highest BCUT2D eigenvalue weighted by molar-refractivity contribution is 5.91. The number of hydrogen-bond donors (Lipinski definition) is 2. The molecule has 0 aliphatic rings. The summed E-state index contributed by atoms with van der Waals surface area (Å²) in [6, 6.07) is 5.44. The molecule has 1 amide bonds. The standard InChI is InChI=1S/C14H19NO4/c1-3-19-11-7-8-12(10(2)9-11)15-13(16)5-4-6-14(17)18/h7-9H,3-6H2,1-2H3,(H,15,16)(H,17,18). The first-order chi connectivity index (χ1) is 9.02. The van der Waals surface area contributed by atoms with Gasteiger partial charge in [0.2, 0.25) is 5.91 Å². The van der Waals surface area contributed by atoms with Gasteiger partial charge in [-0.3, -0.25) is 9.59 Å². The maximum absolute atomic E-state index is 11.6. The number of nitrogens with one attached hydrogen (secondary N) is 1. The first-order valence-electron chi connectivity index (χ1n) is 6.28. The molecule has 0 unspecified atom stereocenters. The predicted molar refractivity (Wildman–Crippen MR) is 72.5 cm³/mol. The lowest BCUT2D eigenvalue weighted by atomic mass is 10.1. The first kappa shape index (κ1) is 15.0. The Morgan fingerprint density at radius 2 is 2.05 bits per heavy atom. The maximum atomic E-state index is 11.6. The predicted octanol–water partition coefficient (Wildman–Crippen LogP) is 2.59. The van der Waals surface area contributed by atoms with Gasteiger partial charge in [0.25, 0.3) is 0 Å². The van der Waals surface area contributed by atoms with Crippen LogP contribution in [-0.2, 0) is 9.59 Å². The Balaban J connectivity index is 2.52. The van der Waals surface area contributed by atoms with Gasteiger partial charge in [-0.15, -0.1) is 0 Å². The fourth-order valence-corrected chi connectivity index (χ4v) is 1.65. The smallest absolute Gasteiger partial charge is 0.303 e. The number of aliphatic carboxylic acids is 1. The van der Waals surface area contributed by atoms with Crippen molar-refractivity contribution in [3.05, 3.63) is 23.8 Å². The normalized spacial score (nSPS) is 10.0. The molecule has 0 aromatic heterocycles. The van der Waals surface area contributed by atoms with Crippen LogP contribution >= 0.6 is 0 Å². The summed E-state index contributed by atoms with van der Waals surface area (Å²) in [7, 11) is 0. The molecule has 0 atom stereocenters. The third kappa shape index (κ3) is 5.42. The summed E-state index contributed by atoms with van der Waals surface area (Å²) < 4.78 is 5.36. The quantitative estimate of drug-likeness (QED) is 0.794. The molecule has 1 aromatic carbocycles. The molecule has 0 heterocycles. The number of amides is 1. The van der Waals surface area contributed by atoms with Crippen LogP contribution in [0.4, 0.5) is 5.69 Å². The van der Waals surface area contributed by atoms with Crippen molar-refractivity contribution >= 4 is 17.6 Å². The number of hydrogen-bond acceptors (Lipinski definition) is 3. The summed E-state index contributed by atoms with van der Waals surface area (Å²) in [5.74, 6) is -0.289. The Labute approximate surface area is 112 Å². The Bertz CT molecular complexity index is 457. The zero-order valence-electron chi connectivity index (χ0n) is 11.2. The van der Waals surface area contributed by atoms with Gasteiger partial charge in [-0.2, -0.15) is 0 Å². The lowest BCUT2D eigenvalue weighted by molar-refractivity contribution is -0.137. The second-order valence-electron chi connectivity index (χ2n) is 4.21. The molecular weight excluding hydrogens is 246 g/mol. The van der Waals surface area contributed by atoms with E-state index in [1.165, 1.54) is 0 Å². The minimum atomic E-state index is -0.884. The van der Waals surface area contributed by atoms with Gasteiger partial charge in [0.1, 0.15) is 5.75 Å². The molecule has 1 rings (SSSR count).